The molecule has 1 aliphatic carbocycles. The number of hydrogen-bond donors (Lipinski definition) is 2. The van der Waals surface area contributed by atoms with Crippen LogP contribution in [0.2, 0.25) is 0 Å². The lowest BCUT2D eigenvalue weighted by atomic mass is 10.0. The Balaban J connectivity index is 2.80. The van der Waals surface area contributed by atoms with E-state index in [9.17, 15) is 14.7 Å². The molecule has 1 unspecified atom stereocenters. The molecular weight excluding hydrogens is 214 g/mol. The van der Waals surface area contributed by atoms with Gasteiger partial charge in [-0.15, -0.1) is 0 Å². The van der Waals surface area contributed by atoms with Crippen LogP contribution in [0, 0.1) is 0 Å². The normalized spacial score (nSPS) is 23.4. The molecule has 0 aromatic carbocycles. The Bertz CT molecular complexity index is 396. The highest BCUT2D eigenvalue weighted by molar-refractivity contribution is 5.90. The van der Waals surface area contributed by atoms with Crippen LogP contribution in [-0.2, 0) is 14.3 Å². The summed E-state index contributed by atoms with van der Waals surface area (Å²) in [4.78, 5) is 21.0. The summed E-state index contributed by atoms with van der Waals surface area (Å²) < 4.78 is 4.87. The Morgan fingerprint density at radius 2 is 2.19 bits per heavy atom. The average Bonchev–Trinajstić information content (AvgIpc) is 2.20. The van der Waals surface area contributed by atoms with Crippen molar-refractivity contribution >= 4 is 11.9 Å². The molecule has 1 aliphatic rings. The summed E-state index contributed by atoms with van der Waals surface area (Å²) in [5.41, 5.74) is 5.57. The fraction of sp³-hybridized carbons (Fsp3) is 0.200. The third kappa shape index (κ3) is 2.71. The fourth-order valence-electron chi connectivity index (χ4n) is 1.14. The van der Waals surface area contributed by atoms with Crippen LogP contribution < -0.4 is 10.8 Å². The molecule has 0 aromatic heterocycles. The highest BCUT2D eigenvalue weighted by Crippen LogP contribution is 2.15. The largest absolute Gasteiger partial charge is 0.542 e. The first-order valence-corrected chi connectivity index (χ1v) is 4.37. The number of ether oxygens (including phenoxy) is 1. The van der Waals surface area contributed by atoms with E-state index < -0.39 is 29.8 Å². The lowest BCUT2D eigenvalue weighted by Crippen LogP contribution is -2.38. The molecule has 0 saturated carbocycles. The quantitative estimate of drug-likeness (QED) is 0.446. The van der Waals surface area contributed by atoms with Crippen LogP contribution in [0.15, 0.2) is 36.1 Å². The molecule has 6 heteroatoms. The molecule has 2 atom stereocenters. The number of carbonyl (C=O) groups excluding carboxylic acids is 1. The molecule has 16 heavy (non-hydrogen) atoms. The Morgan fingerprint density at radius 3 is 2.69 bits per heavy atom. The summed E-state index contributed by atoms with van der Waals surface area (Å²) in [5.74, 6) is -3.29. The minimum atomic E-state index is -1.56. The molecule has 0 aliphatic heterocycles. The lowest BCUT2D eigenvalue weighted by molar-refractivity contribution is -0.303. The van der Waals surface area contributed by atoms with Crippen molar-refractivity contribution in [2.45, 2.75) is 12.1 Å². The van der Waals surface area contributed by atoms with E-state index in [0.29, 0.717) is 0 Å². The van der Waals surface area contributed by atoms with E-state index in [2.05, 4.69) is 6.58 Å². The molecule has 0 saturated heterocycles. The Hall–Kier alpha value is -2.08. The maximum Gasteiger partial charge on any atom is 0.335 e. The van der Waals surface area contributed by atoms with Gasteiger partial charge < -0.3 is 25.5 Å². The summed E-state index contributed by atoms with van der Waals surface area (Å²) in [6, 6.07) is -0.626. The van der Waals surface area contributed by atoms with Gasteiger partial charge in [0, 0.05) is 0 Å². The molecular formula is C10H10NO5-. The van der Waals surface area contributed by atoms with Crippen LogP contribution in [0.5, 0.6) is 0 Å². The van der Waals surface area contributed by atoms with Crippen molar-refractivity contribution in [2.75, 3.05) is 0 Å². The van der Waals surface area contributed by atoms with Gasteiger partial charge in [-0.2, -0.15) is 0 Å². The van der Waals surface area contributed by atoms with Gasteiger partial charge in [0.15, 0.2) is 0 Å². The first-order valence-electron chi connectivity index (χ1n) is 4.37. The number of hydrogen-bond acceptors (Lipinski definition) is 5. The number of carboxylic acids is 2. The van der Waals surface area contributed by atoms with Gasteiger partial charge >= 0.3 is 5.97 Å². The highest BCUT2D eigenvalue weighted by Gasteiger charge is 2.22. The molecule has 6 nitrogen and oxygen atoms in total. The van der Waals surface area contributed by atoms with E-state index in [0.717, 1.165) is 0 Å². The van der Waals surface area contributed by atoms with Gasteiger partial charge in [0.05, 0.1) is 11.6 Å². The third-order valence-corrected chi connectivity index (χ3v) is 1.97. The summed E-state index contributed by atoms with van der Waals surface area (Å²) in [7, 11) is 0. The maximum absolute atomic E-state index is 10.7. The molecule has 0 aromatic rings. The third-order valence-electron chi connectivity index (χ3n) is 1.97. The van der Waals surface area contributed by atoms with E-state index >= 15 is 0 Å². The highest BCUT2D eigenvalue weighted by atomic mass is 16.5. The van der Waals surface area contributed by atoms with Gasteiger partial charge in [0.25, 0.3) is 0 Å². The Kier molecular flexibility index (Phi) is 3.47. The zero-order valence-corrected chi connectivity index (χ0v) is 8.25. The molecule has 1 rings (SSSR count). The van der Waals surface area contributed by atoms with E-state index in [1.807, 2.05) is 0 Å². The number of nitrogens with two attached hydrogens (primary N) is 1. The summed E-state index contributed by atoms with van der Waals surface area (Å²) >= 11 is 0. The smallest absolute Gasteiger partial charge is 0.335 e. The van der Waals surface area contributed by atoms with E-state index in [1.165, 1.54) is 18.2 Å². The number of aliphatic carboxylic acids is 2. The van der Waals surface area contributed by atoms with Gasteiger partial charge in [-0.1, -0.05) is 18.7 Å². The van der Waals surface area contributed by atoms with E-state index in [4.69, 9.17) is 15.6 Å². The van der Waals surface area contributed by atoms with Crippen molar-refractivity contribution in [2.24, 2.45) is 5.73 Å². The van der Waals surface area contributed by atoms with Crippen LogP contribution in [-0.4, -0.2) is 29.2 Å². The van der Waals surface area contributed by atoms with Crippen LogP contribution >= 0.6 is 0 Å². The van der Waals surface area contributed by atoms with Crippen molar-refractivity contribution in [3.63, 3.8) is 0 Å². The molecule has 0 amide bonds. The van der Waals surface area contributed by atoms with Crippen LogP contribution in [0.3, 0.4) is 0 Å². The standard InChI is InChI=1S/C10H11NO5/c1-5(9(12)13)16-8-4-6(10(14)15)2-3-7(8)11/h2-4,7-8H,1,11H2,(H,12,13)(H,14,15)/p-1/t7?,8-/m1/s1. The van der Waals surface area contributed by atoms with Crippen molar-refractivity contribution in [3.8, 4) is 0 Å². The molecule has 86 valence electrons. The summed E-state index contributed by atoms with van der Waals surface area (Å²) in [6.45, 7) is 3.11. The second-order valence-corrected chi connectivity index (χ2v) is 3.16. The van der Waals surface area contributed by atoms with Crippen molar-refractivity contribution in [1.82, 2.24) is 0 Å². The molecule has 3 N–H and O–H groups in total. The van der Waals surface area contributed by atoms with E-state index in [-0.39, 0.29) is 5.57 Å². The van der Waals surface area contributed by atoms with Crippen molar-refractivity contribution in [1.29, 1.82) is 0 Å². The molecule has 0 heterocycles. The predicted octanol–water partition coefficient (Wildman–Crippen LogP) is -1.46. The number of carbonyl (C=O) groups is 2. The zero-order chi connectivity index (χ0) is 12.3. The maximum atomic E-state index is 10.7. The van der Waals surface area contributed by atoms with Crippen molar-refractivity contribution in [3.05, 3.63) is 36.1 Å². The van der Waals surface area contributed by atoms with Crippen LogP contribution in [0.25, 0.3) is 0 Å². The minimum absolute atomic E-state index is 0.0159. The van der Waals surface area contributed by atoms with Gasteiger partial charge in [-0.3, -0.25) is 0 Å². The average molecular weight is 224 g/mol. The Labute approximate surface area is 91.3 Å². The first-order chi connectivity index (χ1) is 7.41. The Morgan fingerprint density at radius 1 is 1.56 bits per heavy atom. The SMILES string of the molecule is C=C(O[C@@H]1C=C(C(=O)O)C=CC1N)C(=O)[O-]. The van der Waals surface area contributed by atoms with Gasteiger partial charge in [0.2, 0.25) is 0 Å². The monoisotopic (exact) mass is 224 g/mol. The predicted molar refractivity (Wildman–Crippen MR) is 51.9 cm³/mol. The van der Waals surface area contributed by atoms with Crippen molar-refractivity contribution < 1.29 is 24.5 Å². The summed E-state index contributed by atoms with van der Waals surface area (Å²) in [5, 5.41) is 19.1. The molecule has 0 spiro atoms. The fourth-order valence-corrected chi connectivity index (χ4v) is 1.14. The first kappa shape index (κ1) is 12.0. The number of carboxylic acid groups (broad SMARTS) is 2. The molecule has 0 fully saturated rings. The lowest BCUT2D eigenvalue weighted by Gasteiger charge is -2.24. The summed E-state index contributed by atoms with van der Waals surface area (Å²) in [6.07, 6.45) is 3.09. The minimum Gasteiger partial charge on any atom is -0.542 e. The molecule has 0 bridgehead atoms. The molecule has 0 radical (unpaired) electrons. The zero-order valence-electron chi connectivity index (χ0n) is 8.25. The number of rotatable bonds is 4. The second kappa shape index (κ2) is 4.63. The van der Waals surface area contributed by atoms with E-state index in [1.54, 1.807) is 0 Å². The topological polar surface area (TPSA) is 113 Å². The van der Waals surface area contributed by atoms with Gasteiger partial charge in [0.1, 0.15) is 17.8 Å². The van der Waals surface area contributed by atoms with Gasteiger partial charge in [-0.25, -0.2) is 4.79 Å². The van der Waals surface area contributed by atoms with Crippen LogP contribution in [0.1, 0.15) is 0 Å². The second-order valence-electron chi connectivity index (χ2n) is 3.16. The van der Waals surface area contributed by atoms with Gasteiger partial charge in [-0.05, 0) is 6.08 Å². The van der Waals surface area contributed by atoms with Crippen LogP contribution in [0.4, 0.5) is 0 Å².